The average Bonchev–Trinajstić information content (AvgIpc) is 2.83. The van der Waals surface area contributed by atoms with Gasteiger partial charge in [0.1, 0.15) is 6.29 Å². The molecule has 0 aromatic rings. The third-order valence-electron chi connectivity index (χ3n) is 11.0. The first-order valence-electron chi connectivity index (χ1n) is 13.7. The van der Waals surface area contributed by atoms with Gasteiger partial charge in [0, 0.05) is 22.8 Å². The number of allylic oxidation sites excluding steroid dienone is 4. The molecule has 36 heavy (non-hydrogen) atoms. The fourth-order valence-electron chi connectivity index (χ4n) is 9.18. The molecule has 0 amide bonds. The van der Waals surface area contributed by atoms with Crippen molar-refractivity contribution in [3.63, 3.8) is 0 Å². The number of hydrogen-bond donors (Lipinski definition) is 0. The quantitative estimate of drug-likeness (QED) is 0.263. The van der Waals surface area contributed by atoms with Crippen LogP contribution in [0.25, 0.3) is 0 Å². The molecule has 3 saturated carbocycles. The topological polar surface area (TPSA) is 84.2 Å². The molecule has 4 rings (SSSR count). The molecule has 0 aliphatic heterocycles. The van der Waals surface area contributed by atoms with Crippen LogP contribution in [-0.2, 0) is 19.1 Å². The lowest BCUT2D eigenvalue weighted by atomic mass is 9.40. The van der Waals surface area contributed by atoms with E-state index in [9.17, 15) is 19.6 Å². The van der Waals surface area contributed by atoms with Crippen LogP contribution in [0, 0.1) is 62.6 Å². The largest absolute Gasteiger partial charge is 0.469 e. The van der Waals surface area contributed by atoms with Gasteiger partial charge in [-0.3, -0.25) is 9.59 Å². The molecule has 0 aromatic heterocycles. The molecule has 4 aliphatic rings. The highest BCUT2D eigenvalue weighted by atomic mass is 16.5. The summed E-state index contributed by atoms with van der Waals surface area (Å²) >= 11 is 0. The Bertz CT molecular complexity index is 1060. The zero-order valence-corrected chi connectivity index (χ0v) is 23.1. The standard InChI is InChI=1S/C31H43NO4/c1-19(17-32)15-30(6)21(20(2)18-33)8-10-29(5)22-9-11-31(27(35)36-7)13-12-28(3,4)16-23(31)26(22)24(34)14-25(29)30/h14-15,18,20-23,26H,8-13,16H2,1-7H3/b19-15+. The number of esters is 1. The highest BCUT2D eigenvalue weighted by Gasteiger charge is 2.65. The van der Waals surface area contributed by atoms with Crippen LogP contribution in [0.15, 0.2) is 23.3 Å². The van der Waals surface area contributed by atoms with Crippen LogP contribution >= 0.6 is 0 Å². The van der Waals surface area contributed by atoms with E-state index in [-0.39, 0.29) is 52.2 Å². The monoisotopic (exact) mass is 493 g/mol. The van der Waals surface area contributed by atoms with Crippen molar-refractivity contribution in [3.8, 4) is 6.07 Å². The van der Waals surface area contributed by atoms with Gasteiger partial charge in [-0.25, -0.2) is 0 Å². The van der Waals surface area contributed by atoms with Gasteiger partial charge in [-0.2, -0.15) is 5.26 Å². The minimum Gasteiger partial charge on any atom is -0.469 e. The van der Waals surface area contributed by atoms with Gasteiger partial charge in [0.2, 0.25) is 0 Å². The molecule has 8 unspecified atom stereocenters. The molecule has 8 atom stereocenters. The number of fused-ring (bicyclic) bond motifs is 5. The van der Waals surface area contributed by atoms with Gasteiger partial charge in [-0.15, -0.1) is 0 Å². The van der Waals surface area contributed by atoms with Gasteiger partial charge in [-0.1, -0.05) is 46.3 Å². The Morgan fingerprint density at radius 2 is 1.83 bits per heavy atom. The van der Waals surface area contributed by atoms with E-state index in [2.05, 4.69) is 33.8 Å². The molecular weight excluding hydrogens is 450 g/mol. The Kier molecular flexibility index (Phi) is 6.68. The lowest BCUT2D eigenvalue weighted by Gasteiger charge is -2.63. The van der Waals surface area contributed by atoms with Crippen LogP contribution in [0.5, 0.6) is 0 Å². The number of hydrogen-bond acceptors (Lipinski definition) is 5. The number of methoxy groups -OCH3 is 1. The second kappa shape index (κ2) is 8.96. The minimum absolute atomic E-state index is 0.0242. The van der Waals surface area contributed by atoms with E-state index in [1.807, 2.05) is 26.0 Å². The van der Waals surface area contributed by atoms with E-state index in [0.29, 0.717) is 5.57 Å². The van der Waals surface area contributed by atoms with Crippen molar-refractivity contribution in [2.45, 2.75) is 86.5 Å². The Morgan fingerprint density at radius 3 is 2.44 bits per heavy atom. The molecule has 0 aromatic carbocycles. The maximum absolute atomic E-state index is 14.2. The van der Waals surface area contributed by atoms with Crippen molar-refractivity contribution in [1.29, 1.82) is 5.26 Å². The van der Waals surface area contributed by atoms with E-state index in [0.717, 1.165) is 56.8 Å². The molecular formula is C31H43NO4. The third-order valence-corrected chi connectivity index (χ3v) is 11.0. The first kappa shape index (κ1) is 26.8. The Hall–Kier alpha value is -2.22. The van der Waals surface area contributed by atoms with Gasteiger partial charge in [0.05, 0.1) is 18.6 Å². The summed E-state index contributed by atoms with van der Waals surface area (Å²) in [5.41, 5.74) is 0.434. The molecule has 5 heteroatoms. The van der Waals surface area contributed by atoms with Crippen LogP contribution in [0.2, 0.25) is 0 Å². The number of carbonyl (C=O) groups is 3. The molecule has 0 radical (unpaired) electrons. The summed E-state index contributed by atoms with van der Waals surface area (Å²) < 4.78 is 5.37. The summed E-state index contributed by atoms with van der Waals surface area (Å²) in [7, 11) is 1.48. The fraction of sp³-hybridized carbons (Fsp3) is 0.742. The van der Waals surface area contributed by atoms with E-state index >= 15 is 0 Å². The lowest BCUT2D eigenvalue weighted by Crippen LogP contribution is -2.60. The number of ether oxygens (including phenoxy) is 1. The molecule has 3 fully saturated rings. The second-order valence-corrected chi connectivity index (χ2v) is 13.5. The predicted molar refractivity (Wildman–Crippen MR) is 138 cm³/mol. The number of aldehydes is 1. The highest BCUT2D eigenvalue weighted by Crippen LogP contribution is 2.68. The summed E-state index contributed by atoms with van der Waals surface area (Å²) in [6.07, 6.45) is 10.9. The SMILES string of the molecule is COC(=O)C12CCC3C(C(=O)C=C4C(C)(/C=C(\C)C#N)C(C(C)C=O)CCC43C)C1CC(C)(C)CC2. The normalized spacial score (nSPS) is 42.6. The second-order valence-electron chi connectivity index (χ2n) is 13.5. The summed E-state index contributed by atoms with van der Waals surface area (Å²) in [6.45, 7) is 12.7. The molecule has 4 aliphatic carbocycles. The summed E-state index contributed by atoms with van der Waals surface area (Å²) in [6, 6.07) is 2.27. The Morgan fingerprint density at radius 1 is 1.14 bits per heavy atom. The third kappa shape index (κ3) is 3.82. The first-order valence-corrected chi connectivity index (χ1v) is 13.7. The number of nitrogens with zero attached hydrogens (tertiary/aromatic N) is 1. The first-order chi connectivity index (χ1) is 16.8. The lowest BCUT2D eigenvalue weighted by molar-refractivity contribution is -0.177. The van der Waals surface area contributed by atoms with Crippen LogP contribution in [0.1, 0.15) is 86.5 Å². The van der Waals surface area contributed by atoms with Gasteiger partial charge >= 0.3 is 5.97 Å². The van der Waals surface area contributed by atoms with Gasteiger partial charge in [-0.05, 0) is 86.5 Å². The molecule has 196 valence electrons. The van der Waals surface area contributed by atoms with Crippen molar-refractivity contribution in [1.82, 2.24) is 0 Å². The smallest absolute Gasteiger partial charge is 0.312 e. The van der Waals surface area contributed by atoms with Crippen molar-refractivity contribution in [2.75, 3.05) is 7.11 Å². The summed E-state index contributed by atoms with van der Waals surface area (Å²) in [5.74, 6) is -0.238. The van der Waals surface area contributed by atoms with Gasteiger partial charge in [0.15, 0.2) is 5.78 Å². The van der Waals surface area contributed by atoms with Crippen LogP contribution in [-0.4, -0.2) is 25.1 Å². The van der Waals surface area contributed by atoms with E-state index in [1.54, 1.807) is 0 Å². The molecule has 0 heterocycles. The van der Waals surface area contributed by atoms with E-state index in [1.165, 1.54) is 7.11 Å². The van der Waals surface area contributed by atoms with Crippen LogP contribution in [0.4, 0.5) is 0 Å². The number of nitriles is 1. The minimum atomic E-state index is -0.577. The maximum atomic E-state index is 14.2. The Balaban J connectivity index is 1.87. The Labute approximate surface area is 216 Å². The molecule has 0 saturated heterocycles. The van der Waals surface area contributed by atoms with Gasteiger partial charge < -0.3 is 9.53 Å². The molecule has 0 N–H and O–H groups in total. The van der Waals surface area contributed by atoms with Crippen molar-refractivity contribution >= 4 is 18.0 Å². The van der Waals surface area contributed by atoms with Crippen molar-refractivity contribution in [2.24, 2.45) is 51.2 Å². The predicted octanol–water partition coefficient (Wildman–Crippen LogP) is 6.23. The maximum Gasteiger partial charge on any atom is 0.312 e. The summed E-state index contributed by atoms with van der Waals surface area (Å²) in [4.78, 5) is 39.3. The molecule has 0 spiro atoms. The number of rotatable bonds is 4. The van der Waals surface area contributed by atoms with Crippen LogP contribution < -0.4 is 0 Å². The molecule has 5 nitrogen and oxygen atoms in total. The van der Waals surface area contributed by atoms with Crippen LogP contribution in [0.3, 0.4) is 0 Å². The van der Waals surface area contributed by atoms with Crippen molar-refractivity contribution in [3.05, 3.63) is 23.3 Å². The number of ketones is 1. The molecule has 0 bridgehead atoms. The zero-order chi connectivity index (χ0) is 26.7. The summed E-state index contributed by atoms with van der Waals surface area (Å²) in [5, 5.41) is 9.63. The fourth-order valence-corrected chi connectivity index (χ4v) is 9.18. The zero-order valence-electron chi connectivity index (χ0n) is 23.1. The van der Waals surface area contributed by atoms with E-state index < -0.39 is 10.8 Å². The van der Waals surface area contributed by atoms with E-state index in [4.69, 9.17) is 4.74 Å². The number of carbonyl (C=O) groups excluding carboxylic acids is 3. The average molecular weight is 494 g/mol. The van der Waals surface area contributed by atoms with Crippen molar-refractivity contribution < 1.29 is 19.1 Å². The van der Waals surface area contributed by atoms with Gasteiger partial charge in [0.25, 0.3) is 0 Å². The highest BCUT2D eigenvalue weighted by molar-refractivity contribution is 5.96.